The Balaban J connectivity index is 1.37. The monoisotopic (exact) mass is 493 g/mol. The fourth-order valence-electron chi connectivity index (χ4n) is 4.35. The van der Waals surface area contributed by atoms with Gasteiger partial charge in [-0.2, -0.15) is 0 Å². The Morgan fingerprint density at radius 1 is 0.943 bits per heavy atom. The predicted molar refractivity (Wildman–Crippen MR) is 138 cm³/mol. The molecule has 0 spiro atoms. The van der Waals surface area contributed by atoms with Crippen LogP contribution in [0.25, 0.3) is 20.5 Å². The van der Waals surface area contributed by atoms with Crippen LogP contribution in [-0.2, 0) is 0 Å². The molecule has 1 aliphatic heterocycles. The molecule has 0 amide bonds. The van der Waals surface area contributed by atoms with Crippen molar-refractivity contribution >= 4 is 21.4 Å². The summed E-state index contributed by atoms with van der Waals surface area (Å²) >= 11 is 1.47. The number of fused-ring (bicyclic) bond motifs is 1. The number of halogens is 1. The summed E-state index contributed by atoms with van der Waals surface area (Å²) in [4.78, 5) is 3.28. The van der Waals surface area contributed by atoms with E-state index in [2.05, 4.69) is 4.90 Å². The average Bonchev–Trinajstić information content (AvgIpc) is 3.23. The van der Waals surface area contributed by atoms with Gasteiger partial charge < -0.3 is 19.3 Å². The van der Waals surface area contributed by atoms with Gasteiger partial charge in [-0.15, -0.1) is 11.3 Å². The van der Waals surface area contributed by atoms with Crippen LogP contribution >= 0.6 is 11.3 Å². The maximum absolute atomic E-state index is 14.0. The first kappa shape index (κ1) is 23.5. The van der Waals surface area contributed by atoms with Crippen LogP contribution in [0.4, 0.5) is 4.39 Å². The van der Waals surface area contributed by atoms with Crippen LogP contribution in [0.1, 0.15) is 19.3 Å². The molecule has 1 fully saturated rings. The van der Waals surface area contributed by atoms with Crippen LogP contribution in [0.2, 0.25) is 0 Å². The van der Waals surface area contributed by atoms with Crippen LogP contribution in [0.3, 0.4) is 0 Å². The highest BCUT2D eigenvalue weighted by atomic mass is 32.1. The maximum atomic E-state index is 14.0. The zero-order chi connectivity index (χ0) is 24.2. The lowest BCUT2D eigenvalue weighted by atomic mass is 10.1. The van der Waals surface area contributed by atoms with Gasteiger partial charge in [0.25, 0.3) is 0 Å². The van der Waals surface area contributed by atoms with Gasteiger partial charge in [-0.25, -0.2) is 4.39 Å². The molecule has 5 rings (SSSR count). The minimum atomic E-state index is -0.423. The molecule has 0 unspecified atom stereocenters. The number of ether oxygens (including phenoxy) is 3. The number of aromatic hydroxyl groups is 1. The second-order valence-corrected chi connectivity index (χ2v) is 9.67. The summed E-state index contributed by atoms with van der Waals surface area (Å²) in [6, 6.07) is 17.5. The van der Waals surface area contributed by atoms with Crippen LogP contribution in [0, 0.1) is 5.82 Å². The normalized spacial score (nSPS) is 14.2. The van der Waals surface area contributed by atoms with Gasteiger partial charge in [-0.05, 0) is 86.1 Å². The third-order valence-corrected chi connectivity index (χ3v) is 7.39. The number of hydrogen-bond donors (Lipinski definition) is 1. The van der Waals surface area contributed by atoms with E-state index in [1.165, 1.54) is 43.8 Å². The summed E-state index contributed by atoms with van der Waals surface area (Å²) in [7, 11) is 1.44. The van der Waals surface area contributed by atoms with Crippen LogP contribution in [0.5, 0.6) is 28.7 Å². The van der Waals surface area contributed by atoms with E-state index < -0.39 is 5.82 Å². The SMILES string of the molecule is COc1cc(-c2sc3cc(O)ccc3c2Oc2ccc(OCCN3CCCCC3)cc2)ccc1F. The number of benzene rings is 3. The minimum absolute atomic E-state index is 0.166. The Labute approximate surface area is 208 Å². The van der Waals surface area contributed by atoms with Crippen molar-refractivity contribution in [1.82, 2.24) is 4.90 Å². The molecule has 7 heteroatoms. The van der Waals surface area contributed by atoms with Crippen molar-refractivity contribution in [3.05, 3.63) is 66.5 Å². The lowest BCUT2D eigenvalue weighted by Gasteiger charge is -2.26. The number of likely N-dealkylation sites (tertiary alicyclic amines) is 1. The molecule has 0 radical (unpaired) electrons. The van der Waals surface area contributed by atoms with Crippen molar-refractivity contribution in [2.45, 2.75) is 19.3 Å². The van der Waals surface area contributed by atoms with E-state index in [1.54, 1.807) is 24.3 Å². The summed E-state index contributed by atoms with van der Waals surface area (Å²) in [5.41, 5.74) is 0.775. The number of rotatable bonds is 8. The number of thiophene rings is 1. The van der Waals surface area contributed by atoms with Gasteiger partial charge in [-0.1, -0.05) is 12.5 Å². The second kappa shape index (κ2) is 10.5. The molecule has 0 saturated carbocycles. The summed E-state index contributed by atoms with van der Waals surface area (Å²) in [5, 5.41) is 10.8. The largest absolute Gasteiger partial charge is 0.508 e. The van der Waals surface area contributed by atoms with Gasteiger partial charge in [0.2, 0.25) is 0 Å². The lowest BCUT2D eigenvalue weighted by molar-refractivity contribution is 0.183. The Kier molecular flexibility index (Phi) is 7.06. The molecule has 0 bridgehead atoms. The topological polar surface area (TPSA) is 51.2 Å². The Bertz CT molecular complexity index is 1300. The summed E-state index contributed by atoms with van der Waals surface area (Å²) in [6.45, 7) is 3.92. The molecule has 35 heavy (non-hydrogen) atoms. The highest BCUT2D eigenvalue weighted by molar-refractivity contribution is 7.22. The van der Waals surface area contributed by atoms with E-state index in [0.717, 1.165) is 45.9 Å². The molecule has 0 atom stereocenters. The smallest absolute Gasteiger partial charge is 0.165 e. The highest BCUT2D eigenvalue weighted by Crippen LogP contribution is 2.47. The first-order valence-corrected chi connectivity index (χ1v) is 12.6. The molecule has 4 aromatic rings. The summed E-state index contributed by atoms with van der Waals surface area (Å²) in [5.74, 6) is 2.04. The van der Waals surface area contributed by atoms with Crippen LogP contribution in [0.15, 0.2) is 60.7 Å². The van der Waals surface area contributed by atoms with E-state index in [0.29, 0.717) is 18.1 Å². The number of methoxy groups -OCH3 is 1. The number of phenolic OH excluding ortho intramolecular Hbond substituents is 1. The third kappa shape index (κ3) is 5.36. The fourth-order valence-corrected chi connectivity index (χ4v) is 5.51. The zero-order valence-electron chi connectivity index (χ0n) is 19.6. The average molecular weight is 494 g/mol. The van der Waals surface area contributed by atoms with Gasteiger partial charge in [0, 0.05) is 16.6 Å². The van der Waals surface area contributed by atoms with E-state index in [9.17, 15) is 9.50 Å². The molecule has 3 aromatic carbocycles. The minimum Gasteiger partial charge on any atom is -0.508 e. The molecule has 1 N–H and O–H groups in total. The molecule has 2 heterocycles. The van der Waals surface area contributed by atoms with Crippen LogP contribution < -0.4 is 14.2 Å². The van der Waals surface area contributed by atoms with Gasteiger partial charge in [0.05, 0.1) is 12.0 Å². The Hall–Kier alpha value is -3.29. The van der Waals surface area contributed by atoms with E-state index in [-0.39, 0.29) is 11.5 Å². The van der Waals surface area contributed by atoms with E-state index in [4.69, 9.17) is 14.2 Å². The quantitative estimate of drug-likeness (QED) is 0.284. The van der Waals surface area contributed by atoms with E-state index in [1.807, 2.05) is 30.3 Å². The Morgan fingerprint density at radius 3 is 2.49 bits per heavy atom. The molecular formula is C28H28FNO4S. The van der Waals surface area contributed by atoms with Gasteiger partial charge in [0.1, 0.15) is 23.9 Å². The fraction of sp³-hybridized carbons (Fsp3) is 0.286. The number of phenols is 1. The second-order valence-electron chi connectivity index (χ2n) is 8.61. The highest BCUT2D eigenvalue weighted by Gasteiger charge is 2.18. The van der Waals surface area contributed by atoms with Gasteiger partial charge >= 0.3 is 0 Å². The summed E-state index contributed by atoms with van der Waals surface area (Å²) in [6.07, 6.45) is 3.88. The van der Waals surface area contributed by atoms with Crippen LogP contribution in [-0.4, -0.2) is 43.4 Å². The van der Waals surface area contributed by atoms with Crippen molar-refractivity contribution in [2.75, 3.05) is 33.4 Å². The van der Waals surface area contributed by atoms with Gasteiger partial charge in [-0.3, -0.25) is 4.90 Å². The zero-order valence-corrected chi connectivity index (χ0v) is 20.4. The van der Waals surface area contributed by atoms with Crippen molar-refractivity contribution in [1.29, 1.82) is 0 Å². The predicted octanol–water partition coefficient (Wildman–Crippen LogP) is 7.08. The van der Waals surface area contributed by atoms with Crippen molar-refractivity contribution in [3.8, 4) is 39.2 Å². The number of hydrogen-bond acceptors (Lipinski definition) is 6. The molecule has 0 aliphatic carbocycles. The lowest BCUT2D eigenvalue weighted by Crippen LogP contribution is -2.33. The number of nitrogens with zero attached hydrogens (tertiary/aromatic N) is 1. The Morgan fingerprint density at radius 2 is 1.71 bits per heavy atom. The van der Waals surface area contributed by atoms with Crippen molar-refractivity contribution in [3.63, 3.8) is 0 Å². The molecule has 1 aliphatic rings. The molecule has 182 valence electrons. The molecular weight excluding hydrogens is 465 g/mol. The van der Waals surface area contributed by atoms with Crippen molar-refractivity contribution in [2.24, 2.45) is 0 Å². The molecule has 1 aromatic heterocycles. The van der Waals surface area contributed by atoms with Crippen molar-refractivity contribution < 1.29 is 23.7 Å². The first-order chi connectivity index (χ1) is 17.1. The van der Waals surface area contributed by atoms with E-state index >= 15 is 0 Å². The molecule has 5 nitrogen and oxygen atoms in total. The first-order valence-electron chi connectivity index (χ1n) is 11.8. The summed E-state index contributed by atoms with van der Waals surface area (Å²) < 4.78 is 32.4. The third-order valence-electron chi connectivity index (χ3n) is 6.21. The molecule has 1 saturated heterocycles. The maximum Gasteiger partial charge on any atom is 0.165 e. The van der Waals surface area contributed by atoms with Gasteiger partial charge in [0.15, 0.2) is 17.3 Å². The standard InChI is InChI=1S/C28H28FNO4S/c1-32-25-17-19(5-12-24(25)29)28-27(23-11-6-20(31)18-26(23)35-28)34-22-9-7-21(8-10-22)33-16-15-30-13-3-2-4-14-30/h5-12,17-18,31H,2-4,13-16H2,1H3. The number of piperidine rings is 1.